The maximum Gasteiger partial charge on any atom is 0.145 e. The summed E-state index contributed by atoms with van der Waals surface area (Å²) in [5.41, 5.74) is 6.53. The summed E-state index contributed by atoms with van der Waals surface area (Å²) in [6.45, 7) is 5.29. The van der Waals surface area contributed by atoms with Crippen molar-refractivity contribution in [3.05, 3.63) is 11.8 Å². The molecule has 0 saturated carbocycles. The first-order chi connectivity index (χ1) is 5.74. The van der Waals surface area contributed by atoms with Crippen LogP contribution >= 0.6 is 0 Å². The molecule has 0 atom stereocenters. The molecule has 0 aromatic carbocycles. The zero-order chi connectivity index (χ0) is 8.97. The van der Waals surface area contributed by atoms with Crippen LogP contribution in [-0.2, 0) is 11.5 Å². The number of aromatic nitrogens is 2. The molecule has 4 heteroatoms. The summed E-state index contributed by atoms with van der Waals surface area (Å²) < 4.78 is 7.06. The van der Waals surface area contributed by atoms with E-state index in [1.807, 2.05) is 13.0 Å². The average Bonchev–Trinajstić information content (AvgIpc) is 2.31. The largest absolute Gasteiger partial charge is 0.382 e. The standard InChI is InChI=1S/C8H15N3O/c1-3-4-12-6-11-7(2)5-8(9)10-11/h5H,3-4,6H2,1-2H3,(H2,9,10). The van der Waals surface area contributed by atoms with Crippen LogP contribution in [0.4, 0.5) is 5.82 Å². The highest BCUT2D eigenvalue weighted by Crippen LogP contribution is 2.03. The lowest BCUT2D eigenvalue weighted by Crippen LogP contribution is -2.06. The van der Waals surface area contributed by atoms with Crippen LogP contribution in [0, 0.1) is 6.92 Å². The third kappa shape index (κ3) is 2.23. The minimum Gasteiger partial charge on any atom is -0.382 e. The highest BCUT2D eigenvalue weighted by atomic mass is 16.5. The molecule has 0 fully saturated rings. The number of rotatable bonds is 4. The predicted octanol–water partition coefficient (Wildman–Crippen LogP) is 1.16. The summed E-state index contributed by atoms with van der Waals surface area (Å²) in [5, 5.41) is 4.05. The van der Waals surface area contributed by atoms with Gasteiger partial charge in [-0.05, 0) is 13.3 Å². The van der Waals surface area contributed by atoms with E-state index in [0.717, 1.165) is 18.7 Å². The second kappa shape index (κ2) is 4.11. The molecule has 0 aliphatic rings. The molecule has 0 spiro atoms. The van der Waals surface area contributed by atoms with Crippen molar-refractivity contribution in [2.24, 2.45) is 0 Å². The summed E-state index contributed by atoms with van der Waals surface area (Å²) in [6.07, 6.45) is 1.02. The van der Waals surface area contributed by atoms with Gasteiger partial charge in [0.2, 0.25) is 0 Å². The Morgan fingerprint density at radius 2 is 2.42 bits per heavy atom. The molecule has 4 nitrogen and oxygen atoms in total. The fourth-order valence-corrected chi connectivity index (χ4v) is 0.962. The Morgan fingerprint density at radius 1 is 1.67 bits per heavy atom. The maximum atomic E-state index is 5.50. The summed E-state index contributed by atoms with van der Waals surface area (Å²) >= 11 is 0. The van der Waals surface area contributed by atoms with Gasteiger partial charge in [0.05, 0.1) is 0 Å². The van der Waals surface area contributed by atoms with Crippen molar-refractivity contribution in [3.63, 3.8) is 0 Å². The van der Waals surface area contributed by atoms with E-state index in [2.05, 4.69) is 12.0 Å². The zero-order valence-corrected chi connectivity index (χ0v) is 7.58. The monoisotopic (exact) mass is 169 g/mol. The minimum absolute atomic E-state index is 0.497. The van der Waals surface area contributed by atoms with Crippen molar-refractivity contribution in [2.45, 2.75) is 27.0 Å². The van der Waals surface area contributed by atoms with Gasteiger partial charge in [-0.15, -0.1) is 0 Å². The van der Waals surface area contributed by atoms with Gasteiger partial charge >= 0.3 is 0 Å². The van der Waals surface area contributed by atoms with E-state index in [-0.39, 0.29) is 0 Å². The number of aryl methyl sites for hydroxylation is 1. The molecule has 1 heterocycles. The van der Waals surface area contributed by atoms with Crippen LogP contribution in [0.2, 0.25) is 0 Å². The van der Waals surface area contributed by atoms with Crippen molar-refractivity contribution >= 4 is 5.82 Å². The van der Waals surface area contributed by atoms with Gasteiger partial charge in [0.15, 0.2) is 0 Å². The lowest BCUT2D eigenvalue weighted by Gasteiger charge is -2.03. The third-order valence-electron chi connectivity index (χ3n) is 1.56. The second-order valence-electron chi connectivity index (χ2n) is 2.75. The molecular formula is C8H15N3O. The normalized spacial score (nSPS) is 10.5. The van der Waals surface area contributed by atoms with E-state index in [4.69, 9.17) is 10.5 Å². The van der Waals surface area contributed by atoms with Gasteiger partial charge in [-0.1, -0.05) is 6.92 Å². The quantitative estimate of drug-likeness (QED) is 0.688. The molecule has 68 valence electrons. The van der Waals surface area contributed by atoms with Gasteiger partial charge in [-0.25, -0.2) is 4.68 Å². The number of hydrogen-bond donors (Lipinski definition) is 1. The van der Waals surface area contributed by atoms with Crippen LogP contribution in [0.1, 0.15) is 19.0 Å². The SMILES string of the molecule is CCCOCn1nc(N)cc1C. The molecule has 2 N–H and O–H groups in total. The van der Waals surface area contributed by atoms with E-state index in [1.54, 1.807) is 4.68 Å². The van der Waals surface area contributed by atoms with Gasteiger partial charge in [-0.2, -0.15) is 5.10 Å². The number of nitrogens with two attached hydrogens (primary N) is 1. The smallest absolute Gasteiger partial charge is 0.145 e. The Bertz CT molecular complexity index is 244. The Hall–Kier alpha value is -1.03. The van der Waals surface area contributed by atoms with Gasteiger partial charge in [0.25, 0.3) is 0 Å². The van der Waals surface area contributed by atoms with Gasteiger partial charge in [0.1, 0.15) is 12.5 Å². The average molecular weight is 169 g/mol. The molecule has 1 rings (SSSR count). The summed E-state index contributed by atoms with van der Waals surface area (Å²) in [5.74, 6) is 0.549. The third-order valence-corrected chi connectivity index (χ3v) is 1.56. The highest BCUT2D eigenvalue weighted by molar-refractivity contribution is 5.28. The fraction of sp³-hybridized carbons (Fsp3) is 0.625. The number of hydrogen-bond acceptors (Lipinski definition) is 3. The number of ether oxygens (including phenoxy) is 1. The van der Waals surface area contributed by atoms with Crippen LogP contribution in [-0.4, -0.2) is 16.4 Å². The van der Waals surface area contributed by atoms with Crippen LogP contribution in [0.5, 0.6) is 0 Å². The predicted molar refractivity (Wildman–Crippen MR) is 47.6 cm³/mol. The van der Waals surface area contributed by atoms with Crippen molar-refractivity contribution in [2.75, 3.05) is 12.3 Å². The topological polar surface area (TPSA) is 53.1 Å². The molecule has 1 aromatic rings. The molecule has 0 aliphatic heterocycles. The Labute approximate surface area is 72.3 Å². The van der Waals surface area contributed by atoms with Gasteiger partial charge in [-0.3, -0.25) is 0 Å². The van der Waals surface area contributed by atoms with Crippen LogP contribution < -0.4 is 5.73 Å². The minimum atomic E-state index is 0.497. The molecule has 0 radical (unpaired) electrons. The Morgan fingerprint density at radius 3 is 2.92 bits per heavy atom. The molecule has 0 aliphatic carbocycles. The number of nitrogens with zero attached hydrogens (tertiary/aromatic N) is 2. The van der Waals surface area contributed by atoms with Crippen LogP contribution in [0.3, 0.4) is 0 Å². The van der Waals surface area contributed by atoms with Crippen LogP contribution in [0.15, 0.2) is 6.07 Å². The van der Waals surface area contributed by atoms with E-state index in [1.165, 1.54) is 0 Å². The fourth-order valence-electron chi connectivity index (χ4n) is 0.962. The molecule has 1 aromatic heterocycles. The highest BCUT2D eigenvalue weighted by Gasteiger charge is 1.99. The number of anilines is 1. The maximum absolute atomic E-state index is 5.50. The van der Waals surface area contributed by atoms with Crippen molar-refractivity contribution in [1.29, 1.82) is 0 Å². The number of nitrogen functional groups attached to an aromatic ring is 1. The molecule has 0 bridgehead atoms. The molecule has 0 unspecified atom stereocenters. The van der Waals surface area contributed by atoms with Crippen LogP contribution in [0.25, 0.3) is 0 Å². The first-order valence-electron chi connectivity index (χ1n) is 4.11. The van der Waals surface area contributed by atoms with Crippen molar-refractivity contribution < 1.29 is 4.74 Å². The molecule has 0 saturated heterocycles. The van der Waals surface area contributed by atoms with E-state index in [9.17, 15) is 0 Å². The first kappa shape index (κ1) is 9.06. The second-order valence-corrected chi connectivity index (χ2v) is 2.75. The lowest BCUT2D eigenvalue weighted by atomic mass is 10.5. The summed E-state index contributed by atoms with van der Waals surface area (Å²) in [6, 6.07) is 1.83. The van der Waals surface area contributed by atoms with Gasteiger partial charge in [0, 0.05) is 18.4 Å². The van der Waals surface area contributed by atoms with E-state index < -0.39 is 0 Å². The zero-order valence-electron chi connectivity index (χ0n) is 7.58. The summed E-state index contributed by atoms with van der Waals surface area (Å²) in [4.78, 5) is 0. The van der Waals surface area contributed by atoms with Crippen molar-refractivity contribution in [3.8, 4) is 0 Å². The first-order valence-corrected chi connectivity index (χ1v) is 4.11. The van der Waals surface area contributed by atoms with E-state index in [0.29, 0.717) is 12.5 Å². The van der Waals surface area contributed by atoms with Crippen molar-refractivity contribution in [1.82, 2.24) is 9.78 Å². The molecule has 0 amide bonds. The Kier molecular flexibility index (Phi) is 3.10. The lowest BCUT2D eigenvalue weighted by molar-refractivity contribution is 0.0682. The molecule has 12 heavy (non-hydrogen) atoms. The van der Waals surface area contributed by atoms with Gasteiger partial charge < -0.3 is 10.5 Å². The summed E-state index contributed by atoms with van der Waals surface area (Å²) in [7, 11) is 0. The Balaban J connectivity index is 2.45. The van der Waals surface area contributed by atoms with E-state index >= 15 is 0 Å². The molecular weight excluding hydrogens is 154 g/mol.